The van der Waals surface area contributed by atoms with Crippen LogP contribution in [0.2, 0.25) is 0 Å². The summed E-state index contributed by atoms with van der Waals surface area (Å²) in [6, 6.07) is 8.12. The Morgan fingerprint density at radius 3 is 2.75 bits per heavy atom. The highest BCUT2D eigenvalue weighted by Gasteiger charge is 2.15. The van der Waals surface area contributed by atoms with E-state index in [-0.39, 0.29) is 12.2 Å². The molecule has 3 aromatic rings. The zero-order valence-electron chi connectivity index (χ0n) is 16.6. The summed E-state index contributed by atoms with van der Waals surface area (Å²) in [6.45, 7) is 7.72. The summed E-state index contributed by atoms with van der Waals surface area (Å²) in [6.07, 6.45) is 6.23. The predicted octanol–water partition coefficient (Wildman–Crippen LogP) is 4.38. The Hall–Kier alpha value is -2.73. The number of aromatic nitrogens is 3. The Bertz CT molecular complexity index is 951. The van der Waals surface area contributed by atoms with Gasteiger partial charge < -0.3 is 14.8 Å². The molecular weight excluding hydrogens is 352 g/mol. The number of fused-ring (bicyclic) bond motifs is 1. The minimum atomic E-state index is 0.129. The fraction of sp³-hybridized carbons (Fsp3) is 0.409. The van der Waals surface area contributed by atoms with Crippen LogP contribution in [0.4, 0.5) is 5.95 Å². The first kappa shape index (κ1) is 18.6. The lowest BCUT2D eigenvalue weighted by molar-refractivity contribution is 0.120. The molecule has 1 aromatic carbocycles. The van der Waals surface area contributed by atoms with E-state index < -0.39 is 0 Å². The number of nitrogens with zero attached hydrogens (tertiary/aromatic N) is 3. The molecule has 1 unspecified atom stereocenters. The van der Waals surface area contributed by atoms with Crippen molar-refractivity contribution in [1.29, 1.82) is 0 Å². The van der Waals surface area contributed by atoms with Gasteiger partial charge in [-0.1, -0.05) is 0 Å². The molecule has 0 radical (unpaired) electrons. The van der Waals surface area contributed by atoms with Crippen molar-refractivity contribution in [2.24, 2.45) is 0 Å². The van der Waals surface area contributed by atoms with E-state index in [1.807, 2.05) is 38.4 Å². The second kappa shape index (κ2) is 8.10. The van der Waals surface area contributed by atoms with E-state index in [1.165, 1.54) is 0 Å². The summed E-state index contributed by atoms with van der Waals surface area (Å²) in [4.78, 5) is 13.7. The van der Waals surface area contributed by atoms with Crippen molar-refractivity contribution in [3.8, 4) is 17.0 Å². The molecule has 1 saturated heterocycles. The zero-order valence-corrected chi connectivity index (χ0v) is 16.6. The maximum absolute atomic E-state index is 5.81. The molecule has 2 aromatic heterocycles. The highest BCUT2D eigenvalue weighted by atomic mass is 16.5. The van der Waals surface area contributed by atoms with E-state index in [4.69, 9.17) is 14.5 Å². The average Bonchev–Trinajstić information content (AvgIpc) is 3.19. The molecular formula is C22H26N4O2. The number of pyridine rings is 1. The molecule has 4 rings (SSSR count). The first-order valence-electron chi connectivity index (χ1n) is 9.84. The van der Waals surface area contributed by atoms with Crippen molar-refractivity contribution in [2.45, 2.75) is 45.8 Å². The Morgan fingerprint density at radius 2 is 2.04 bits per heavy atom. The van der Waals surface area contributed by atoms with Crippen LogP contribution < -0.4 is 10.1 Å². The maximum atomic E-state index is 5.81. The van der Waals surface area contributed by atoms with E-state index >= 15 is 0 Å². The molecule has 1 N–H and O–H groups in total. The Kier molecular flexibility index (Phi) is 5.39. The third-order valence-electron chi connectivity index (χ3n) is 4.82. The van der Waals surface area contributed by atoms with Crippen LogP contribution in [-0.4, -0.2) is 40.3 Å². The molecule has 1 fully saturated rings. The van der Waals surface area contributed by atoms with Crippen molar-refractivity contribution in [2.75, 3.05) is 18.5 Å². The lowest BCUT2D eigenvalue weighted by atomic mass is 10.1. The van der Waals surface area contributed by atoms with Gasteiger partial charge in [-0.2, -0.15) is 0 Å². The number of ether oxygens (including phenoxy) is 2. The maximum Gasteiger partial charge on any atom is 0.222 e. The minimum Gasteiger partial charge on any atom is -0.491 e. The van der Waals surface area contributed by atoms with Crippen LogP contribution in [0.1, 0.15) is 32.3 Å². The number of rotatable bonds is 6. The number of aryl methyl sites for hydroxylation is 1. The lowest BCUT2D eigenvalue weighted by Crippen LogP contribution is -2.19. The Balaban J connectivity index is 1.55. The van der Waals surface area contributed by atoms with Crippen molar-refractivity contribution in [1.82, 2.24) is 15.0 Å². The predicted molar refractivity (Wildman–Crippen MR) is 111 cm³/mol. The topological polar surface area (TPSA) is 69.2 Å². The van der Waals surface area contributed by atoms with Crippen LogP contribution in [-0.2, 0) is 4.74 Å². The van der Waals surface area contributed by atoms with Crippen LogP contribution in [0, 0.1) is 6.92 Å². The smallest absolute Gasteiger partial charge is 0.222 e. The summed E-state index contributed by atoms with van der Waals surface area (Å²) in [5, 5.41) is 4.37. The molecule has 0 aliphatic carbocycles. The molecule has 0 spiro atoms. The third-order valence-corrected chi connectivity index (χ3v) is 4.82. The minimum absolute atomic E-state index is 0.129. The second-order valence-corrected chi connectivity index (χ2v) is 7.48. The molecule has 6 heteroatoms. The van der Waals surface area contributed by atoms with Gasteiger partial charge in [0.05, 0.1) is 23.4 Å². The van der Waals surface area contributed by atoms with E-state index in [9.17, 15) is 0 Å². The van der Waals surface area contributed by atoms with Gasteiger partial charge in [0.15, 0.2) is 0 Å². The first-order valence-corrected chi connectivity index (χ1v) is 9.84. The molecule has 1 atom stereocenters. The number of benzene rings is 1. The average molecular weight is 378 g/mol. The van der Waals surface area contributed by atoms with Crippen LogP contribution in [0.5, 0.6) is 5.75 Å². The van der Waals surface area contributed by atoms with Crippen LogP contribution >= 0.6 is 0 Å². The SMILES string of the molecule is Cc1cc(-c2cnc(NCC3CCCO3)nc2)nc2cc(OC(C)C)ccc12. The summed E-state index contributed by atoms with van der Waals surface area (Å²) >= 11 is 0. The van der Waals surface area contributed by atoms with Crippen LogP contribution in [0.3, 0.4) is 0 Å². The lowest BCUT2D eigenvalue weighted by Gasteiger charge is -2.12. The van der Waals surface area contributed by atoms with Gasteiger partial charge in [-0.3, -0.25) is 0 Å². The fourth-order valence-electron chi connectivity index (χ4n) is 3.44. The zero-order chi connectivity index (χ0) is 19.5. The Morgan fingerprint density at radius 1 is 1.21 bits per heavy atom. The van der Waals surface area contributed by atoms with Gasteiger partial charge in [-0.15, -0.1) is 0 Å². The summed E-state index contributed by atoms with van der Waals surface area (Å²) in [7, 11) is 0. The van der Waals surface area contributed by atoms with Gasteiger partial charge in [-0.25, -0.2) is 15.0 Å². The van der Waals surface area contributed by atoms with Gasteiger partial charge in [0, 0.05) is 42.6 Å². The molecule has 0 bridgehead atoms. The highest BCUT2D eigenvalue weighted by molar-refractivity contribution is 5.86. The first-order chi connectivity index (χ1) is 13.6. The Labute approximate surface area is 165 Å². The van der Waals surface area contributed by atoms with E-state index in [0.29, 0.717) is 5.95 Å². The monoisotopic (exact) mass is 378 g/mol. The standard InChI is InChI=1S/C22H26N4O2/c1-14(2)28-17-6-7-19-15(3)9-20(26-21(19)10-17)16-11-23-22(24-12-16)25-13-18-5-4-8-27-18/h6-7,9-12,14,18H,4-5,8,13H2,1-3H3,(H,23,24,25). The summed E-state index contributed by atoms with van der Waals surface area (Å²) in [5.74, 6) is 1.45. The summed E-state index contributed by atoms with van der Waals surface area (Å²) < 4.78 is 11.4. The van der Waals surface area contributed by atoms with Gasteiger partial charge in [0.1, 0.15) is 5.75 Å². The molecule has 146 valence electrons. The van der Waals surface area contributed by atoms with E-state index in [1.54, 1.807) is 0 Å². The van der Waals surface area contributed by atoms with Crippen LogP contribution in [0.15, 0.2) is 36.7 Å². The van der Waals surface area contributed by atoms with Gasteiger partial charge in [0.25, 0.3) is 0 Å². The third kappa shape index (κ3) is 4.22. The van der Waals surface area contributed by atoms with Crippen LogP contribution in [0.25, 0.3) is 22.2 Å². The van der Waals surface area contributed by atoms with E-state index in [0.717, 1.165) is 59.5 Å². The quantitative estimate of drug-likeness (QED) is 0.686. The number of hydrogen-bond donors (Lipinski definition) is 1. The molecule has 0 saturated carbocycles. The van der Waals surface area contributed by atoms with Gasteiger partial charge in [0.2, 0.25) is 5.95 Å². The molecule has 6 nitrogen and oxygen atoms in total. The van der Waals surface area contributed by atoms with Crippen molar-refractivity contribution >= 4 is 16.9 Å². The molecule has 28 heavy (non-hydrogen) atoms. The van der Waals surface area contributed by atoms with Gasteiger partial charge >= 0.3 is 0 Å². The molecule has 0 amide bonds. The fourth-order valence-corrected chi connectivity index (χ4v) is 3.44. The van der Waals surface area contributed by atoms with Crippen molar-refractivity contribution < 1.29 is 9.47 Å². The highest BCUT2D eigenvalue weighted by Crippen LogP contribution is 2.27. The molecule has 1 aliphatic rings. The molecule has 3 heterocycles. The number of nitrogens with one attached hydrogen (secondary N) is 1. The summed E-state index contributed by atoms with van der Waals surface area (Å²) in [5.41, 5.74) is 3.82. The number of hydrogen-bond acceptors (Lipinski definition) is 6. The van der Waals surface area contributed by atoms with E-state index in [2.05, 4.69) is 34.3 Å². The van der Waals surface area contributed by atoms with Gasteiger partial charge in [-0.05, 0) is 57.4 Å². The second-order valence-electron chi connectivity index (χ2n) is 7.48. The largest absolute Gasteiger partial charge is 0.491 e. The molecule has 1 aliphatic heterocycles. The van der Waals surface area contributed by atoms with Crippen molar-refractivity contribution in [3.05, 3.63) is 42.2 Å². The number of anilines is 1. The van der Waals surface area contributed by atoms with Crippen molar-refractivity contribution in [3.63, 3.8) is 0 Å². The normalized spacial score (nSPS) is 16.6.